The summed E-state index contributed by atoms with van der Waals surface area (Å²) in [5.74, 6) is 0. The van der Waals surface area contributed by atoms with Crippen LogP contribution in [0.15, 0.2) is 182 Å². The fourth-order valence-electron chi connectivity index (χ4n) is 10.7. The number of fused-ring (bicyclic) bond motifs is 13. The zero-order valence-electron chi connectivity index (χ0n) is 42.4. The molecule has 282 valence electrons. The monoisotopic (exact) mass is 793 g/mol. The maximum Gasteiger partial charge on any atom is 0.250 e. The molecular weight excluding hydrogens is 753 g/mol. The van der Waals surface area contributed by atoms with Crippen LogP contribution in [-0.4, -0.2) is 20.4 Å². The molecule has 0 unspecified atom stereocenters. The van der Waals surface area contributed by atoms with Gasteiger partial charge in [-0.15, -0.1) is 0 Å². The van der Waals surface area contributed by atoms with Crippen molar-refractivity contribution in [1.29, 1.82) is 5.26 Å². The average Bonchev–Trinajstić information content (AvgIpc) is 4.04. The Labute approximate surface area is 370 Å². The molecule has 6 heteroatoms. The van der Waals surface area contributed by atoms with E-state index in [1.54, 1.807) is 36.4 Å². The number of nitriles is 1. The molecule has 0 saturated carbocycles. The van der Waals surface area contributed by atoms with Gasteiger partial charge in [0.15, 0.2) is 0 Å². The molecule has 0 aliphatic carbocycles. The minimum Gasteiger partial charge on any atom is -0.320 e. The maximum absolute atomic E-state index is 12.0. The Morgan fingerprint density at radius 2 is 0.968 bits per heavy atom. The Bertz CT molecular complexity index is 4340. The van der Waals surface area contributed by atoms with E-state index in [0.717, 1.165) is 60.0 Å². The number of rotatable bonds is 3. The highest BCUT2D eigenvalue weighted by atomic mass is 15.1. The lowest BCUT2D eigenvalue weighted by molar-refractivity contribution is 1.10. The van der Waals surface area contributed by atoms with Crippen LogP contribution in [0.1, 0.15) is 19.3 Å². The van der Waals surface area contributed by atoms with Gasteiger partial charge in [-0.25, -0.2) is 4.85 Å². The molecule has 0 amide bonds. The topological polar surface area (TPSA) is 42.9 Å². The van der Waals surface area contributed by atoms with Crippen molar-refractivity contribution in [2.75, 3.05) is 0 Å². The second-order valence-corrected chi connectivity index (χ2v) is 15.8. The van der Waals surface area contributed by atoms with Crippen molar-refractivity contribution in [2.45, 2.75) is 0 Å². The highest BCUT2D eigenvalue weighted by Crippen LogP contribution is 2.48. The first kappa shape index (κ1) is 25.1. The van der Waals surface area contributed by atoms with Gasteiger partial charge in [-0.1, -0.05) is 145 Å². The largest absolute Gasteiger partial charge is 0.320 e. The minimum atomic E-state index is -0.533. The predicted molar refractivity (Wildman–Crippen MR) is 256 cm³/mol. The van der Waals surface area contributed by atoms with E-state index in [1.807, 2.05) is 28.8 Å². The van der Waals surface area contributed by atoms with Crippen molar-refractivity contribution in [3.63, 3.8) is 0 Å². The predicted octanol–water partition coefficient (Wildman–Crippen LogP) is 11.9. The van der Waals surface area contributed by atoms with Gasteiger partial charge in [0, 0.05) is 43.4 Å². The Kier molecular flexibility index (Phi) is 4.87. The van der Waals surface area contributed by atoms with E-state index in [1.165, 1.54) is 0 Å². The molecule has 2 aliphatic heterocycles. The second-order valence-electron chi connectivity index (χ2n) is 15.8. The van der Waals surface area contributed by atoms with Crippen LogP contribution in [0.5, 0.6) is 0 Å². The van der Waals surface area contributed by atoms with Crippen molar-refractivity contribution in [2.24, 2.45) is 0 Å². The van der Waals surface area contributed by atoms with Crippen molar-refractivity contribution in [3.8, 4) is 45.4 Å². The van der Waals surface area contributed by atoms with Crippen molar-refractivity contribution >= 4 is 94.2 Å². The van der Waals surface area contributed by atoms with E-state index >= 15 is 0 Å². The van der Waals surface area contributed by atoms with Crippen molar-refractivity contribution in [1.82, 2.24) is 13.7 Å². The Morgan fingerprint density at radius 1 is 0.484 bits per heavy atom. The van der Waals surface area contributed by atoms with Gasteiger partial charge in [-0.2, -0.15) is 5.26 Å². The smallest absolute Gasteiger partial charge is 0.250 e. The third kappa shape index (κ3) is 4.06. The van der Waals surface area contributed by atoms with E-state index in [4.69, 9.17) is 13.7 Å². The molecular formula is C56H30BN5. The summed E-state index contributed by atoms with van der Waals surface area (Å²) in [6.07, 6.45) is 0. The zero-order chi connectivity index (χ0) is 49.5. The molecule has 0 N–H and O–H groups in total. The standard InChI is InChI=1S/C56H30BN5/c1-59-51-55(60-48-28-26-35(33-14-4-2-5-15-33)30-41(48)42-31-36(27-29-49(42)60)34-16-6-3-7-17-34)43(32-58)54-50-56(51)62-47-25-11-9-19-38(47)40-21-13-23-45(53(40)62)57(50)44-22-12-20-39-37-18-8-10-24-46(37)61(54)52(39)44/h2-31H/i2D,3D,4D,5D,6D,7D,14D,15D,16D,17D. The van der Waals surface area contributed by atoms with Crippen LogP contribution in [0.3, 0.4) is 0 Å². The summed E-state index contributed by atoms with van der Waals surface area (Å²) in [4.78, 5) is 4.46. The Morgan fingerprint density at radius 3 is 1.48 bits per heavy atom. The molecule has 9 aromatic carbocycles. The third-order valence-corrected chi connectivity index (χ3v) is 13.0. The molecule has 5 heterocycles. The first-order valence-electron chi connectivity index (χ1n) is 25.2. The van der Waals surface area contributed by atoms with Crippen LogP contribution < -0.4 is 16.4 Å². The number of para-hydroxylation sites is 4. The molecule has 14 rings (SSSR count). The number of benzene rings is 9. The summed E-state index contributed by atoms with van der Waals surface area (Å²) in [6, 6.07) is 37.2. The molecule has 62 heavy (non-hydrogen) atoms. The van der Waals surface area contributed by atoms with Gasteiger partial charge >= 0.3 is 0 Å². The van der Waals surface area contributed by atoms with E-state index in [2.05, 4.69) is 80.7 Å². The minimum absolute atomic E-state index is 0.0290. The van der Waals surface area contributed by atoms with Crippen LogP contribution >= 0.6 is 0 Å². The van der Waals surface area contributed by atoms with Crippen LogP contribution in [0, 0.1) is 17.9 Å². The average molecular weight is 794 g/mol. The summed E-state index contributed by atoms with van der Waals surface area (Å²) in [5, 5.41) is 17.0. The van der Waals surface area contributed by atoms with Gasteiger partial charge in [0.1, 0.15) is 6.07 Å². The second kappa shape index (κ2) is 12.0. The lowest BCUT2D eigenvalue weighted by atomic mass is 9.34. The molecule has 3 aromatic heterocycles. The van der Waals surface area contributed by atoms with Gasteiger partial charge in [-0.05, 0) is 75.0 Å². The van der Waals surface area contributed by atoms with Gasteiger partial charge in [0.25, 0.3) is 6.71 Å². The zero-order valence-corrected chi connectivity index (χ0v) is 32.4. The molecule has 0 atom stereocenters. The first-order valence-corrected chi connectivity index (χ1v) is 20.2. The molecule has 5 nitrogen and oxygen atoms in total. The van der Waals surface area contributed by atoms with E-state index in [0.29, 0.717) is 50.0 Å². The van der Waals surface area contributed by atoms with Crippen molar-refractivity contribution in [3.05, 3.63) is 199 Å². The number of aromatic nitrogens is 3. The highest BCUT2D eigenvalue weighted by molar-refractivity contribution is 7.00. The molecule has 0 bridgehead atoms. The van der Waals surface area contributed by atoms with Crippen molar-refractivity contribution < 1.29 is 13.7 Å². The molecule has 0 fully saturated rings. The number of hydrogen-bond donors (Lipinski definition) is 0. The Hall–Kier alpha value is -8.58. The molecule has 2 aliphatic rings. The first-order chi connectivity index (χ1) is 34.9. The molecule has 0 radical (unpaired) electrons. The van der Waals surface area contributed by atoms with Gasteiger partial charge in [0.2, 0.25) is 5.69 Å². The summed E-state index contributed by atoms with van der Waals surface area (Å²) >= 11 is 0. The van der Waals surface area contributed by atoms with E-state index in [9.17, 15) is 11.8 Å². The lowest BCUT2D eigenvalue weighted by Crippen LogP contribution is -2.59. The number of nitrogens with zero attached hydrogens (tertiary/aromatic N) is 5. The fraction of sp³-hybridized carbons (Fsp3) is 0. The summed E-state index contributed by atoms with van der Waals surface area (Å²) < 4.78 is 92.7. The van der Waals surface area contributed by atoms with Gasteiger partial charge < -0.3 is 13.7 Å². The summed E-state index contributed by atoms with van der Waals surface area (Å²) in [6.45, 7) is 8.94. The Balaban J connectivity index is 1.20. The molecule has 0 spiro atoms. The quantitative estimate of drug-likeness (QED) is 0.130. The summed E-state index contributed by atoms with van der Waals surface area (Å²) in [5.41, 5.74) is 10.1. The van der Waals surface area contributed by atoms with Crippen LogP contribution in [0.25, 0.3) is 110 Å². The lowest BCUT2D eigenvalue weighted by Gasteiger charge is -2.36. The van der Waals surface area contributed by atoms with Gasteiger partial charge in [0.05, 0.1) is 65.0 Å². The van der Waals surface area contributed by atoms with Crippen LogP contribution in [0.4, 0.5) is 5.69 Å². The van der Waals surface area contributed by atoms with E-state index < -0.39 is 60.4 Å². The molecule has 12 aromatic rings. The highest BCUT2D eigenvalue weighted by Gasteiger charge is 2.44. The van der Waals surface area contributed by atoms with E-state index in [-0.39, 0.29) is 29.1 Å². The fourth-order valence-corrected chi connectivity index (χ4v) is 10.7. The molecule has 0 saturated heterocycles. The maximum atomic E-state index is 12.0. The number of hydrogen-bond acceptors (Lipinski definition) is 1. The normalized spacial score (nSPS) is 14.7. The van der Waals surface area contributed by atoms with Crippen LogP contribution in [-0.2, 0) is 0 Å². The third-order valence-electron chi connectivity index (χ3n) is 13.0. The summed E-state index contributed by atoms with van der Waals surface area (Å²) in [7, 11) is 0. The van der Waals surface area contributed by atoms with Crippen LogP contribution in [0.2, 0.25) is 0 Å². The SMILES string of the molecule is [2H]c1c([2H])c([2H])c(-c2ccc3c(c2)c2cc(-c4c([2H])c([2H])c([2H])c([2H])c4[2H])ccc2n3-c2c(C#N)c3c4c(c2[N+]#[C-])-n2c5ccccc5c5cccc(c52)B4c2cccc4c5ccccc5n-3c24)c([2H])c1[2H]. The van der Waals surface area contributed by atoms with Gasteiger partial charge in [-0.3, -0.25) is 0 Å².